The Kier molecular flexibility index (Phi) is 6.88. The Hall–Kier alpha value is -4.80. The average Bonchev–Trinajstić information content (AvgIpc) is 2.97. The zero-order chi connectivity index (χ0) is 29.7. The molecule has 4 aromatic rings. The molecule has 0 spiro atoms. The second-order valence-electron chi connectivity index (χ2n) is 9.30. The molecule has 11 heteroatoms. The molecule has 0 bridgehead atoms. The summed E-state index contributed by atoms with van der Waals surface area (Å²) in [7, 11) is 0. The molecule has 0 unspecified atom stereocenters. The Balaban J connectivity index is 1.85. The van der Waals surface area contributed by atoms with Crippen molar-refractivity contribution in [3.8, 4) is 50.7 Å². The van der Waals surface area contributed by atoms with Gasteiger partial charge in [0.2, 0.25) is 0 Å². The van der Waals surface area contributed by atoms with Gasteiger partial charge in [-0.15, -0.1) is 0 Å². The molecule has 208 valence electrons. The molecule has 2 aromatic heterocycles. The largest absolute Gasteiger partial charge is 0.507 e. The average molecular weight is 601 g/mol. The molecule has 42 heavy (non-hydrogen) atoms. The number of phenols is 1. The van der Waals surface area contributed by atoms with Gasteiger partial charge in [-0.05, 0) is 42.5 Å². The number of carbonyl (C=O) groups is 1. The number of aliphatic hydroxyl groups excluding tert-OH is 1. The van der Waals surface area contributed by atoms with E-state index in [9.17, 15) is 30.0 Å². The van der Waals surface area contributed by atoms with Crippen LogP contribution in [0.5, 0.6) is 5.75 Å². The summed E-state index contributed by atoms with van der Waals surface area (Å²) in [5.74, 6) is -1.54. The fourth-order valence-electron chi connectivity index (χ4n) is 4.96. The summed E-state index contributed by atoms with van der Waals surface area (Å²) >= 11 is 13.1. The highest BCUT2D eigenvalue weighted by atomic mass is 35.5. The van der Waals surface area contributed by atoms with E-state index in [1.165, 1.54) is 24.4 Å². The minimum absolute atomic E-state index is 0.0541. The first-order chi connectivity index (χ1) is 20.2. The first-order valence-corrected chi connectivity index (χ1v) is 13.1. The minimum Gasteiger partial charge on any atom is -0.507 e. The lowest BCUT2D eigenvalue weighted by atomic mass is 9.87. The number of carboxylic acid groups (broad SMARTS) is 1. The fourth-order valence-corrected chi connectivity index (χ4v) is 5.60. The lowest BCUT2D eigenvalue weighted by molar-refractivity contribution is -0.0419. The Morgan fingerprint density at radius 1 is 0.833 bits per heavy atom. The number of aromatic carboxylic acids is 1. The van der Waals surface area contributed by atoms with Crippen molar-refractivity contribution in [2.24, 2.45) is 0 Å². The molecule has 4 N–H and O–H groups in total. The zero-order valence-corrected chi connectivity index (χ0v) is 22.8. The first-order valence-electron chi connectivity index (χ1n) is 12.4. The summed E-state index contributed by atoms with van der Waals surface area (Å²) in [4.78, 5) is 34.0. The maximum absolute atomic E-state index is 13.2. The normalized spacial score (nSPS) is 11.5. The van der Waals surface area contributed by atoms with Gasteiger partial charge in [-0.2, -0.15) is 0 Å². The first kappa shape index (κ1) is 27.4. The molecule has 1 aliphatic heterocycles. The summed E-state index contributed by atoms with van der Waals surface area (Å²) in [6.07, 6.45) is 0.906. The Morgan fingerprint density at radius 2 is 1.50 bits per heavy atom. The van der Waals surface area contributed by atoms with Gasteiger partial charge >= 0.3 is 5.97 Å². The summed E-state index contributed by atoms with van der Waals surface area (Å²) in [5, 5.41) is 41.4. The number of aromatic nitrogens is 2. The van der Waals surface area contributed by atoms with Crippen molar-refractivity contribution < 1.29 is 29.6 Å². The van der Waals surface area contributed by atoms with Gasteiger partial charge in [-0.3, -0.25) is 14.8 Å². The smallest absolute Gasteiger partial charge is 0.337 e. The molecule has 0 amide bonds. The molecule has 2 aromatic carbocycles. The van der Waals surface area contributed by atoms with E-state index < -0.39 is 23.3 Å². The van der Waals surface area contributed by atoms with Crippen molar-refractivity contribution >= 4 is 40.1 Å². The standard InChI is InChI=1S/C31H18Cl2N2O7/c32-19-11-18(30(38)39)29(33)28(27(19)31(40)41)26-16-9-14(20-5-1-3-7-34-20)22(36)12-24(16)42-25-13-23(37)15(10-17(25)26)21-6-2-4-8-35-21/h1-13,31,36,40-41H,(H,38,39). The number of hydrogen-bond acceptors (Lipinski definition) is 8. The van der Waals surface area contributed by atoms with Gasteiger partial charge < -0.3 is 24.8 Å². The number of fused-ring (bicyclic) bond motifs is 2. The van der Waals surface area contributed by atoms with Crippen LogP contribution in [-0.4, -0.2) is 36.4 Å². The zero-order valence-electron chi connectivity index (χ0n) is 21.2. The van der Waals surface area contributed by atoms with Crippen LogP contribution in [0.15, 0.2) is 88.3 Å². The van der Waals surface area contributed by atoms with Crippen LogP contribution in [0, 0.1) is 0 Å². The van der Waals surface area contributed by atoms with Crippen molar-refractivity contribution in [2.75, 3.05) is 0 Å². The molecule has 0 saturated heterocycles. The maximum atomic E-state index is 13.2. The van der Waals surface area contributed by atoms with E-state index in [0.717, 1.165) is 6.07 Å². The van der Waals surface area contributed by atoms with Crippen LogP contribution < -0.4 is 5.43 Å². The number of aliphatic hydroxyl groups is 2. The third kappa shape index (κ3) is 4.54. The second-order valence-corrected chi connectivity index (χ2v) is 10.1. The predicted octanol–water partition coefficient (Wildman–Crippen LogP) is 6.38. The van der Waals surface area contributed by atoms with Gasteiger partial charge in [0, 0.05) is 63.3 Å². The van der Waals surface area contributed by atoms with Crippen molar-refractivity contribution in [2.45, 2.75) is 6.29 Å². The molecule has 0 atom stereocenters. The lowest BCUT2D eigenvalue weighted by Crippen LogP contribution is -2.09. The Labute approximate surface area is 246 Å². The second kappa shape index (κ2) is 10.6. The number of nitrogens with zero attached hydrogens (tertiary/aromatic N) is 2. The van der Waals surface area contributed by atoms with E-state index in [0.29, 0.717) is 17.0 Å². The van der Waals surface area contributed by atoms with Gasteiger partial charge in [0.15, 0.2) is 11.7 Å². The molecule has 0 saturated carbocycles. The number of carboxylic acids is 1. The van der Waals surface area contributed by atoms with Gasteiger partial charge in [0.1, 0.15) is 17.1 Å². The van der Waals surface area contributed by atoms with Crippen LogP contribution in [0.25, 0.3) is 55.9 Å². The fraction of sp³-hybridized carbons (Fsp3) is 0.0323. The van der Waals surface area contributed by atoms with E-state index in [4.69, 9.17) is 27.6 Å². The van der Waals surface area contributed by atoms with Gasteiger partial charge in [0.25, 0.3) is 0 Å². The summed E-state index contributed by atoms with van der Waals surface area (Å²) in [6.45, 7) is 0. The highest BCUT2D eigenvalue weighted by Gasteiger charge is 2.30. The number of benzene rings is 3. The molecule has 6 rings (SSSR count). The van der Waals surface area contributed by atoms with Gasteiger partial charge in [0.05, 0.1) is 27.0 Å². The molecular weight excluding hydrogens is 583 g/mol. The summed E-state index contributed by atoms with van der Waals surface area (Å²) < 4.78 is 6.08. The highest BCUT2D eigenvalue weighted by molar-refractivity contribution is 6.39. The minimum atomic E-state index is -2.17. The van der Waals surface area contributed by atoms with Crippen LogP contribution in [0.1, 0.15) is 22.2 Å². The molecular formula is C31H18Cl2N2O7. The number of hydrogen-bond donors (Lipinski definition) is 4. The van der Waals surface area contributed by atoms with E-state index in [-0.39, 0.29) is 60.3 Å². The lowest BCUT2D eigenvalue weighted by Gasteiger charge is -2.22. The number of phenolic OH excluding ortho intramolecular Hbond substituents is 1. The molecule has 0 fully saturated rings. The molecule has 3 heterocycles. The van der Waals surface area contributed by atoms with Gasteiger partial charge in [-0.1, -0.05) is 35.3 Å². The van der Waals surface area contributed by atoms with Crippen molar-refractivity contribution in [3.63, 3.8) is 0 Å². The van der Waals surface area contributed by atoms with E-state index in [2.05, 4.69) is 9.97 Å². The van der Waals surface area contributed by atoms with Crippen LogP contribution in [0.3, 0.4) is 0 Å². The van der Waals surface area contributed by atoms with Crippen molar-refractivity contribution in [3.05, 3.63) is 111 Å². The quantitative estimate of drug-likeness (QED) is 0.130. The van der Waals surface area contributed by atoms with Crippen LogP contribution >= 0.6 is 23.2 Å². The van der Waals surface area contributed by atoms with E-state index in [1.54, 1.807) is 48.7 Å². The van der Waals surface area contributed by atoms with E-state index >= 15 is 0 Å². The molecule has 0 radical (unpaired) electrons. The molecule has 2 aliphatic rings. The summed E-state index contributed by atoms with van der Waals surface area (Å²) in [6, 6.07) is 16.8. The van der Waals surface area contributed by atoms with Crippen LogP contribution in [0.4, 0.5) is 0 Å². The Bertz CT molecular complexity index is 2050. The van der Waals surface area contributed by atoms with Crippen LogP contribution in [-0.2, 0) is 0 Å². The third-order valence-corrected chi connectivity index (χ3v) is 7.52. The maximum Gasteiger partial charge on any atom is 0.337 e. The topological polar surface area (TPSA) is 154 Å². The summed E-state index contributed by atoms with van der Waals surface area (Å²) in [5.41, 5.74) is 0.626. The van der Waals surface area contributed by atoms with Gasteiger partial charge in [-0.25, -0.2) is 4.79 Å². The predicted molar refractivity (Wildman–Crippen MR) is 157 cm³/mol. The van der Waals surface area contributed by atoms with E-state index in [1.807, 2.05) is 0 Å². The van der Waals surface area contributed by atoms with Crippen molar-refractivity contribution in [1.29, 1.82) is 0 Å². The Morgan fingerprint density at radius 3 is 2.10 bits per heavy atom. The highest BCUT2D eigenvalue weighted by Crippen LogP contribution is 2.50. The number of aromatic hydroxyl groups is 1. The monoisotopic (exact) mass is 600 g/mol. The number of halogens is 2. The number of pyridine rings is 2. The van der Waals surface area contributed by atoms with Crippen molar-refractivity contribution in [1.82, 2.24) is 9.97 Å². The molecule has 1 aliphatic carbocycles. The SMILES string of the molecule is O=C(O)c1cc(Cl)c(C(O)O)c(-c2c3cc(-c4ccccn4)c(=O)cc-3oc3cc(O)c(-c4ccccn4)cc23)c1Cl. The van der Waals surface area contributed by atoms with Crippen LogP contribution in [0.2, 0.25) is 10.0 Å². The third-order valence-electron chi connectivity index (χ3n) is 6.81. The number of rotatable bonds is 5. The molecule has 9 nitrogen and oxygen atoms in total.